The van der Waals surface area contributed by atoms with Crippen molar-refractivity contribution in [2.24, 2.45) is 5.92 Å². The van der Waals surface area contributed by atoms with Crippen LogP contribution >= 0.6 is 0 Å². The van der Waals surface area contributed by atoms with Crippen LogP contribution in [0, 0.1) is 5.92 Å². The second-order valence-corrected chi connectivity index (χ2v) is 5.79. The maximum Gasteiger partial charge on any atom is 0.119 e. The molecule has 1 aromatic rings. The molecular weight excluding hydrogens is 222 g/mol. The summed E-state index contributed by atoms with van der Waals surface area (Å²) >= 11 is 0. The third kappa shape index (κ3) is 3.74. The highest BCUT2D eigenvalue weighted by molar-refractivity contribution is 5.29. The van der Waals surface area contributed by atoms with Crippen LogP contribution < -0.4 is 10.1 Å². The lowest BCUT2D eigenvalue weighted by atomic mass is 9.92. The third-order valence-electron chi connectivity index (χ3n) is 3.55. The number of ether oxygens (including phenoxy) is 1. The van der Waals surface area contributed by atoms with Gasteiger partial charge in [0.05, 0.1) is 6.61 Å². The van der Waals surface area contributed by atoms with E-state index in [0.29, 0.717) is 12.0 Å². The normalized spacial score (nSPS) is 17.6. The van der Waals surface area contributed by atoms with Gasteiger partial charge in [-0.05, 0) is 43.4 Å². The molecule has 1 aliphatic rings. The van der Waals surface area contributed by atoms with Gasteiger partial charge in [0.15, 0.2) is 0 Å². The summed E-state index contributed by atoms with van der Waals surface area (Å²) in [5.74, 6) is 1.55. The fraction of sp³-hybridized carbons (Fsp3) is 0.625. The topological polar surface area (TPSA) is 21.3 Å². The number of rotatable bonds is 6. The first-order chi connectivity index (χ1) is 8.65. The lowest BCUT2D eigenvalue weighted by Gasteiger charge is -2.30. The minimum absolute atomic E-state index is 0.439. The molecule has 1 saturated carbocycles. The first-order valence-corrected chi connectivity index (χ1v) is 7.14. The fourth-order valence-corrected chi connectivity index (χ4v) is 2.14. The Morgan fingerprint density at radius 3 is 2.33 bits per heavy atom. The van der Waals surface area contributed by atoms with Crippen LogP contribution in [-0.2, 0) is 0 Å². The summed E-state index contributed by atoms with van der Waals surface area (Å²) in [5, 5.41) is 3.66. The summed E-state index contributed by atoms with van der Waals surface area (Å²) < 4.78 is 5.70. The van der Waals surface area contributed by atoms with Gasteiger partial charge >= 0.3 is 0 Å². The van der Waals surface area contributed by atoms with E-state index < -0.39 is 0 Å². The average Bonchev–Trinajstić information content (AvgIpc) is 2.31. The van der Waals surface area contributed by atoms with E-state index in [4.69, 9.17) is 4.74 Å². The number of benzene rings is 1. The first kappa shape index (κ1) is 13.4. The van der Waals surface area contributed by atoms with Gasteiger partial charge in [-0.25, -0.2) is 0 Å². The van der Waals surface area contributed by atoms with Crippen molar-refractivity contribution in [3.63, 3.8) is 0 Å². The molecule has 2 heteroatoms. The standard InChI is InChI=1S/C16H25NO/c1-12(2)11-18-16-9-7-14(8-10-16)13(3)17-15-5-4-6-15/h7-10,12-13,15,17H,4-6,11H2,1-3H3. The van der Waals surface area contributed by atoms with E-state index in [1.165, 1.54) is 24.8 Å². The lowest BCUT2D eigenvalue weighted by molar-refractivity contribution is 0.271. The van der Waals surface area contributed by atoms with Crippen molar-refractivity contribution in [1.82, 2.24) is 5.32 Å². The molecule has 0 amide bonds. The summed E-state index contributed by atoms with van der Waals surface area (Å²) in [5.41, 5.74) is 1.35. The van der Waals surface area contributed by atoms with E-state index in [9.17, 15) is 0 Å². The van der Waals surface area contributed by atoms with Crippen LogP contribution in [0.2, 0.25) is 0 Å². The second kappa shape index (κ2) is 6.24. The van der Waals surface area contributed by atoms with Crippen molar-refractivity contribution in [2.45, 2.75) is 52.1 Å². The Morgan fingerprint density at radius 1 is 1.17 bits per heavy atom. The van der Waals surface area contributed by atoms with Crippen LogP contribution in [0.25, 0.3) is 0 Å². The lowest BCUT2D eigenvalue weighted by Crippen LogP contribution is -2.36. The molecule has 0 aliphatic heterocycles. The van der Waals surface area contributed by atoms with E-state index >= 15 is 0 Å². The summed E-state index contributed by atoms with van der Waals surface area (Å²) in [7, 11) is 0. The van der Waals surface area contributed by atoms with Crippen LogP contribution in [-0.4, -0.2) is 12.6 Å². The van der Waals surface area contributed by atoms with Gasteiger partial charge in [0.1, 0.15) is 5.75 Å². The molecule has 18 heavy (non-hydrogen) atoms. The average molecular weight is 247 g/mol. The van der Waals surface area contributed by atoms with Gasteiger partial charge in [-0.15, -0.1) is 0 Å². The minimum Gasteiger partial charge on any atom is -0.493 e. The van der Waals surface area contributed by atoms with E-state index in [2.05, 4.69) is 50.4 Å². The quantitative estimate of drug-likeness (QED) is 0.822. The van der Waals surface area contributed by atoms with Crippen molar-refractivity contribution in [2.75, 3.05) is 6.61 Å². The molecule has 1 aromatic carbocycles. The fourth-order valence-electron chi connectivity index (χ4n) is 2.14. The van der Waals surface area contributed by atoms with Gasteiger partial charge < -0.3 is 10.1 Å². The molecule has 0 saturated heterocycles. The van der Waals surface area contributed by atoms with E-state index in [1.54, 1.807) is 0 Å². The Labute approximate surface area is 111 Å². The molecule has 0 bridgehead atoms. The summed E-state index contributed by atoms with van der Waals surface area (Å²) in [4.78, 5) is 0. The molecule has 2 rings (SSSR count). The number of hydrogen-bond acceptors (Lipinski definition) is 2. The molecule has 1 N–H and O–H groups in total. The van der Waals surface area contributed by atoms with Gasteiger partial charge in [0.25, 0.3) is 0 Å². The van der Waals surface area contributed by atoms with Crippen molar-refractivity contribution in [3.05, 3.63) is 29.8 Å². The largest absolute Gasteiger partial charge is 0.493 e. The van der Waals surface area contributed by atoms with Crippen LogP contribution in [0.3, 0.4) is 0 Å². The zero-order valence-corrected chi connectivity index (χ0v) is 11.8. The molecule has 0 radical (unpaired) electrons. The zero-order chi connectivity index (χ0) is 13.0. The molecule has 1 atom stereocenters. The van der Waals surface area contributed by atoms with Crippen LogP contribution in [0.1, 0.15) is 51.6 Å². The number of hydrogen-bond donors (Lipinski definition) is 1. The van der Waals surface area contributed by atoms with E-state index in [-0.39, 0.29) is 0 Å². The Bertz CT molecular complexity index is 354. The van der Waals surface area contributed by atoms with E-state index in [1.807, 2.05) is 0 Å². The maximum atomic E-state index is 5.70. The van der Waals surface area contributed by atoms with Crippen molar-refractivity contribution in [1.29, 1.82) is 0 Å². The Kier molecular flexibility index (Phi) is 4.65. The van der Waals surface area contributed by atoms with Gasteiger partial charge in [0.2, 0.25) is 0 Å². The van der Waals surface area contributed by atoms with Crippen molar-refractivity contribution >= 4 is 0 Å². The molecule has 100 valence electrons. The van der Waals surface area contributed by atoms with Crippen LogP contribution in [0.15, 0.2) is 24.3 Å². The first-order valence-electron chi connectivity index (χ1n) is 7.14. The van der Waals surface area contributed by atoms with Gasteiger partial charge in [-0.2, -0.15) is 0 Å². The Morgan fingerprint density at radius 2 is 1.83 bits per heavy atom. The molecule has 0 spiro atoms. The minimum atomic E-state index is 0.439. The molecule has 1 fully saturated rings. The highest BCUT2D eigenvalue weighted by Gasteiger charge is 2.19. The monoisotopic (exact) mass is 247 g/mol. The molecular formula is C16H25NO. The highest BCUT2D eigenvalue weighted by Crippen LogP contribution is 2.24. The van der Waals surface area contributed by atoms with Gasteiger partial charge in [-0.1, -0.05) is 32.4 Å². The predicted molar refractivity (Wildman–Crippen MR) is 76.0 cm³/mol. The Hall–Kier alpha value is -1.02. The highest BCUT2D eigenvalue weighted by atomic mass is 16.5. The van der Waals surface area contributed by atoms with Gasteiger partial charge in [-0.3, -0.25) is 0 Å². The van der Waals surface area contributed by atoms with Crippen LogP contribution in [0.4, 0.5) is 0 Å². The summed E-state index contributed by atoms with van der Waals surface area (Å²) in [6, 6.07) is 9.68. The smallest absolute Gasteiger partial charge is 0.119 e. The second-order valence-electron chi connectivity index (χ2n) is 5.79. The summed E-state index contributed by atoms with van der Waals surface area (Å²) in [6.45, 7) is 7.36. The van der Waals surface area contributed by atoms with Crippen LogP contribution in [0.5, 0.6) is 5.75 Å². The SMILES string of the molecule is CC(C)COc1ccc(C(C)NC2CCC2)cc1. The molecule has 0 heterocycles. The Balaban J connectivity index is 1.85. The molecule has 2 nitrogen and oxygen atoms in total. The third-order valence-corrected chi connectivity index (χ3v) is 3.55. The maximum absolute atomic E-state index is 5.70. The van der Waals surface area contributed by atoms with E-state index in [0.717, 1.165) is 18.4 Å². The molecule has 1 unspecified atom stereocenters. The molecule has 1 aliphatic carbocycles. The van der Waals surface area contributed by atoms with Crippen molar-refractivity contribution < 1.29 is 4.74 Å². The zero-order valence-electron chi connectivity index (χ0n) is 11.8. The molecule has 0 aromatic heterocycles. The predicted octanol–water partition coefficient (Wildman–Crippen LogP) is 3.92. The van der Waals surface area contributed by atoms with Crippen molar-refractivity contribution in [3.8, 4) is 5.75 Å². The summed E-state index contributed by atoms with van der Waals surface area (Å²) in [6.07, 6.45) is 4.05. The van der Waals surface area contributed by atoms with Gasteiger partial charge in [0, 0.05) is 12.1 Å². The number of nitrogens with one attached hydrogen (secondary N) is 1.